The molecule has 19 heavy (non-hydrogen) atoms. The molecule has 1 saturated heterocycles. The normalized spacial score (nSPS) is 30.8. The van der Waals surface area contributed by atoms with Crippen LogP contribution in [0.3, 0.4) is 0 Å². The summed E-state index contributed by atoms with van der Waals surface area (Å²) < 4.78 is 5.97. The summed E-state index contributed by atoms with van der Waals surface area (Å²) in [7, 11) is 0. The first kappa shape index (κ1) is 13.7. The molecule has 4 heteroatoms. The second kappa shape index (κ2) is 5.25. The third-order valence-corrected chi connectivity index (χ3v) is 5.39. The van der Waals surface area contributed by atoms with Crippen molar-refractivity contribution in [1.82, 2.24) is 0 Å². The molecule has 0 bridgehead atoms. The van der Waals surface area contributed by atoms with Gasteiger partial charge in [0.25, 0.3) is 0 Å². The van der Waals surface area contributed by atoms with Crippen molar-refractivity contribution < 1.29 is 4.74 Å². The molecule has 0 aromatic heterocycles. The molecule has 1 saturated carbocycles. The van der Waals surface area contributed by atoms with Crippen molar-refractivity contribution in [3.8, 4) is 0 Å². The molecule has 2 unspecified atom stereocenters. The maximum atomic E-state index is 6.32. The average molecular weight is 300 g/mol. The van der Waals surface area contributed by atoms with E-state index in [4.69, 9.17) is 33.7 Å². The first-order valence-corrected chi connectivity index (χ1v) is 7.66. The SMILES string of the molecule is NCC1(Cc2cccc(Cl)c2Cl)CCOC1C1CC1. The van der Waals surface area contributed by atoms with E-state index in [1.807, 2.05) is 18.2 Å². The van der Waals surface area contributed by atoms with Gasteiger partial charge < -0.3 is 10.5 Å². The molecule has 1 heterocycles. The summed E-state index contributed by atoms with van der Waals surface area (Å²) in [6.45, 7) is 1.47. The van der Waals surface area contributed by atoms with E-state index < -0.39 is 0 Å². The maximum absolute atomic E-state index is 6.32. The van der Waals surface area contributed by atoms with E-state index in [1.54, 1.807) is 0 Å². The summed E-state index contributed by atoms with van der Waals surface area (Å²) in [6.07, 6.45) is 4.73. The smallest absolute Gasteiger partial charge is 0.0675 e. The number of hydrogen-bond donors (Lipinski definition) is 1. The largest absolute Gasteiger partial charge is 0.377 e. The molecule has 3 rings (SSSR count). The zero-order valence-corrected chi connectivity index (χ0v) is 12.4. The Balaban J connectivity index is 1.88. The van der Waals surface area contributed by atoms with Crippen LogP contribution in [0, 0.1) is 11.3 Å². The number of hydrogen-bond acceptors (Lipinski definition) is 2. The number of halogens is 2. The molecule has 1 aromatic rings. The molecule has 0 radical (unpaired) electrons. The number of ether oxygens (including phenoxy) is 1. The molecule has 2 fully saturated rings. The zero-order valence-electron chi connectivity index (χ0n) is 10.9. The van der Waals surface area contributed by atoms with Crippen LogP contribution in [0.2, 0.25) is 10.0 Å². The van der Waals surface area contributed by atoms with Gasteiger partial charge in [0.05, 0.1) is 16.1 Å². The van der Waals surface area contributed by atoms with Crippen molar-refractivity contribution in [2.75, 3.05) is 13.2 Å². The predicted molar refractivity (Wildman–Crippen MR) is 78.7 cm³/mol. The quantitative estimate of drug-likeness (QED) is 0.920. The van der Waals surface area contributed by atoms with Crippen LogP contribution in [0.25, 0.3) is 0 Å². The lowest BCUT2D eigenvalue weighted by Crippen LogP contribution is -2.41. The van der Waals surface area contributed by atoms with E-state index in [0.29, 0.717) is 28.6 Å². The molecule has 104 valence electrons. The highest BCUT2D eigenvalue weighted by atomic mass is 35.5. The van der Waals surface area contributed by atoms with Crippen molar-refractivity contribution in [3.63, 3.8) is 0 Å². The third-order valence-electron chi connectivity index (χ3n) is 4.53. The predicted octanol–water partition coefficient (Wildman–Crippen LogP) is 3.68. The minimum atomic E-state index is 0.0372. The fourth-order valence-corrected chi connectivity index (χ4v) is 3.67. The molecule has 2 atom stereocenters. The van der Waals surface area contributed by atoms with Crippen LogP contribution in [0.1, 0.15) is 24.8 Å². The monoisotopic (exact) mass is 299 g/mol. The maximum Gasteiger partial charge on any atom is 0.0675 e. The summed E-state index contributed by atoms with van der Waals surface area (Å²) in [4.78, 5) is 0. The van der Waals surface area contributed by atoms with Crippen LogP contribution >= 0.6 is 23.2 Å². The van der Waals surface area contributed by atoms with Gasteiger partial charge in [-0.15, -0.1) is 0 Å². The molecule has 2 aliphatic rings. The van der Waals surface area contributed by atoms with Crippen LogP contribution in [0.5, 0.6) is 0 Å². The average Bonchev–Trinajstić information content (AvgIpc) is 3.17. The van der Waals surface area contributed by atoms with Gasteiger partial charge >= 0.3 is 0 Å². The topological polar surface area (TPSA) is 35.2 Å². The lowest BCUT2D eigenvalue weighted by Gasteiger charge is -2.33. The third kappa shape index (κ3) is 2.52. The minimum Gasteiger partial charge on any atom is -0.377 e. The second-order valence-electron chi connectivity index (χ2n) is 5.84. The Morgan fingerprint density at radius 2 is 2.11 bits per heavy atom. The van der Waals surface area contributed by atoms with Gasteiger partial charge in [0.1, 0.15) is 0 Å². The van der Waals surface area contributed by atoms with Crippen LogP contribution in [0.15, 0.2) is 18.2 Å². The number of benzene rings is 1. The van der Waals surface area contributed by atoms with Crippen molar-refractivity contribution >= 4 is 23.2 Å². The standard InChI is InChI=1S/C15H19Cl2NO/c16-12-3-1-2-11(13(12)17)8-15(9-18)6-7-19-14(15)10-4-5-10/h1-3,10,14H,4-9,18H2. The van der Waals surface area contributed by atoms with Crippen molar-refractivity contribution in [2.24, 2.45) is 17.1 Å². The molecule has 2 N–H and O–H groups in total. The van der Waals surface area contributed by atoms with E-state index in [0.717, 1.165) is 25.0 Å². The zero-order chi connectivity index (χ0) is 13.5. The number of rotatable bonds is 4. The van der Waals surface area contributed by atoms with E-state index in [-0.39, 0.29) is 5.41 Å². The molecule has 1 aliphatic carbocycles. The molecule has 1 aliphatic heterocycles. The molecular formula is C15H19Cl2NO. The van der Waals surface area contributed by atoms with Gasteiger partial charge in [-0.05, 0) is 43.2 Å². The highest BCUT2D eigenvalue weighted by molar-refractivity contribution is 6.42. The Morgan fingerprint density at radius 1 is 1.32 bits per heavy atom. The molecule has 0 spiro atoms. The van der Waals surface area contributed by atoms with Gasteiger partial charge in [-0.2, -0.15) is 0 Å². The van der Waals surface area contributed by atoms with Gasteiger partial charge in [-0.25, -0.2) is 0 Å². The van der Waals surface area contributed by atoms with Crippen LogP contribution < -0.4 is 5.73 Å². The van der Waals surface area contributed by atoms with Crippen molar-refractivity contribution in [1.29, 1.82) is 0 Å². The fourth-order valence-electron chi connectivity index (χ4n) is 3.29. The van der Waals surface area contributed by atoms with Gasteiger partial charge in [-0.1, -0.05) is 35.3 Å². The highest BCUT2D eigenvalue weighted by Crippen LogP contribution is 2.49. The Hall–Kier alpha value is -0.280. The first-order valence-electron chi connectivity index (χ1n) is 6.91. The van der Waals surface area contributed by atoms with Crippen molar-refractivity contribution in [2.45, 2.75) is 31.8 Å². The van der Waals surface area contributed by atoms with Gasteiger partial charge in [-0.3, -0.25) is 0 Å². The first-order chi connectivity index (χ1) is 9.16. The summed E-state index contributed by atoms with van der Waals surface area (Å²) >= 11 is 12.4. The van der Waals surface area contributed by atoms with Crippen LogP contribution in [-0.4, -0.2) is 19.3 Å². The molecular weight excluding hydrogens is 281 g/mol. The second-order valence-corrected chi connectivity index (χ2v) is 6.62. The van der Waals surface area contributed by atoms with Gasteiger partial charge in [0.15, 0.2) is 0 Å². The number of nitrogens with two attached hydrogens (primary N) is 1. The molecule has 1 aromatic carbocycles. The summed E-state index contributed by atoms with van der Waals surface area (Å²) in [5.41, 5.74) is 7.24. The molecule has 0 amide bonds. The van der Waals surface area contributed by atoms with E-state index in [2.05, 4.69) is 0 Å². The van der Waals surface area contributed by atoms with E-state index in [1.165, 1.54) is 12.8 Å². The van der Waals surface area contributed by atoms with Crippen molar-refractivity contribution in [3.05, 3.63) is 33.8 Å². The minimum absolute atomic E-state index is 0.0372. The molecule has 2 nitrogen and oxygen atoms in total. The van der Waals surface area contributed by atoms with Gasteiger partial charge in [0.2, 0.25) is 0 Å². The summed E-state index contributed by atoms with van der Waals surface area (Å²) in [5, 5.41) is 1.28. The fraction of sp³-hybridized carbons (Fsp3) is 0.600. The lowest BCUT2D eigenvalue weighted by molar-refractivity contribution is 0.0345. The Labute approximate surface area is 124 Å². The highest BCUT2D eigenvalue weighted by Gasteiger charge is 2.50. The van der Waals surface area contributed by atoms with E-state index in [9.17, 15) is 0 Å². The Morgan fingerprint density at radius 3 is 2.79 bits per heavy atom. The van der Waals surface area contributed by atoms with Gasteiger partial charge in [0, 0.05) is 18.6 Å². The summed E-state index contributed by atoms with van der Waals surface area (Å²) in [5.74, 6) is 0.698. The van der Waals surface area contributed by atoms with Crippen LogP contribution in [0.4, 0.5) is 0 Å². The van der Waals surface area contributed by atoms with E-state index >= 15 is 0 Å². The van der Waals surface area contributed by atoms with Crippen LogP contribution in [-0.2, 0) is 11.2 Å². The summed E-state index contributed by atoms with van der Waals surface area (Å²) in [6, 6.07) is 5.83. The Bertz CT molecular complexity index is 475. The lowest BCUT2D eigenvalue weighted by atomic mass is 9.74. The Kier molecular flexibility index (Phi) is 3.78.